The van der Waals surface area contributed by atoms with E-state index in [1.54, 1.807) is 12.1 Å². The molecule has 1 aromatic heterocycles. The van der Waals surface area contributed by atoms with Crippen molar-refractivity contribution in [2.75, 3.05) is 0 Å². The predicted octanol–water partition coefficient (Wildman–Crippen LogP) is 2.80. The smallest absolute Gasteiger partial charge is 0.268 e. The molecule has 2 aromatic rings. The normalized spacial score (nSPS) is 15.1. The van der Waals surface area contributed by atoms with Gasteiger partial charge in [-0.3, -0.25) is 24.5 Å². The Bertz CT molecular complexity index is 934. The maximum absolute atomic E-state index is 12.9. The van der Waals surface area contributed by atoms with E-state index >= 15 is 0 Å². The minimum atomic E-state index is -0.545. The van der Waals surface area contributed by atoms with Gasteiger partial charge in [-0.1, -0.05) is 18.9 Å². The van der Waals surface area contributed by atoms with Gasteiger partial charge in [-0.15, -0.1) is 0 Å². The topological polar surface area (TPSA) is 101 Å². The summed E-state index contributed by atoms with van der Waals surface area (Å²) in [4.78, 5) is 27.9. The van der Waals surface area contributed by atoms with Crippen molar-refractivity contribution >= 4 is 11.6 Å². The van der Waals surface area contributed by atoms with E-state index in [4.69, 9.17) is 0 Å². The fourth-order valence-corrected chi connectivity index (χ4v) is 2.98. The third kappa shape index (κ3) is 3.48. The van der Waals surface area contributed by atoms with E-state index in [0.717, 1.165) is 25.7 Å². The zero-order chi connectivity index (χ0) is 17.8. The van der Waals surface area contributed by atoms with Crippen LogP contribution in [0.15, 0.2) is 47.6 Å². The lowest BCUT2D eigenvalue weighted by Gasteiger charge is -2.09. The molecular weight excluding hydrogens is 320 g/mol. The van der Waals surface area contributed by atoms with E-state index in [9.17, 15) is 20.2 Å². The fourth-order valence-electron chi connectivity index (χ4n) is 2.98. The molecule has 0 saturated heterocycles. The lowest BCUT2D eigenvalue weighted by molar-refractivity contribution is -0.384. The van der Waals surface area contributed by atoms with Crippen molar-refractivity contribution < 1.29 is 9.72 Å². The highest BCUT2D eigenvalue weighted by molar-refractivity contribution is 5.96. The average Bonchev–Trinajstić information content (AvgIpc) is 3.14. The van der Waals surface area contributed by atoms with Crippen LogP contribution >= 0.6 is 0 Å². The van der Waals surface area contributed by atoms with Crippen LogP contribution in [0.1, 0.15) is 41.6 Å². The second-order valence-corrected chi connectivity index (χ2v) is 5.91. The molecule has 0 radical (unpaired) electrons. The summed E-state index contributed by atoms with van der Waals surface area (Å²) in [6.45, 7) is 0. The van der Waals surface area contributed by atoms with E-state index in [1.807, 2.05) is 0 Å². The third-order valence-corrected chi connectivity index (χ3v) is 4.24. The highest BCUT2D eigenvalue weighted by Crippen LogP contribution is 2.20. The Morgan fingerprint density at radius 2 is 2.04 bits per heavy atom. The van der Waals surface area contributed by atoms with Gasteiger partial charge in [0.15, 0.2) is 5.49 Å². The molecule has 126 valence electrons. The second kappa shape index (κ2) is 7.09. The summed E-state index contributed by atoms with van der Waals surface area (Å²) < 4.78 is 1.30. The fraction of sp³-hybridized carbons (Fsp3) is 0.278. The molecule has 0 bridgehead atoms. The van der Waals surface area contributed by atoms with Crippen LogP contribution < -0.4 is 5.49 Å². The Morgan fingerprint density at radius 1 is 1.28 bits per heavy atom. The van der Waals surface area contributed by atoms with E-state index in [0.29, 0.717) is 11.1 Å². The second-order valence-electron chi connectivity index (χ2n) is 5.91. The molecule has 1 saturated carbocycles. The number of rotatable bonds is 3. The maximum Gasteiger partial charge on any atom is 0.270 e. The van der Waals surface area contributed by atoms with Crippen molar-refractivity contribution in [1.29, 1.82) is 5.26 Å². The molecule has 1 heterocycles. The zero-order valence-electron chi connectivity index (χ0n) is 13.5. The van der Waals surface area contributed by atoms with Crippen molar-refractivity contribution in [3.05, 3.63) is 69.3 Å². The van der Waals surface area contributed by atoms with Crippen molar-refractivity contribution in [2.24, 2.45) is 4.99 Å². The number of nitro groups is 1. The number of non-ortho nitro benzene ring substituents is 1. The minimum Gasteiger partial charge on any atom is -0.268 e. The highest BCUT2D eigenvalue weighted by Gasteiger charge is 2.18. The van der Waals surface area contributed by atoms with Gasteiger partial charge in [0.2, 0.25) is 0 Å². The van der Waals surface area contributed by atoms with Gasteiger partial charge in [-0.2, -0.15) is 5.26 Å². The molecule has 7 heteroatoms. The number of carbonyl (C=O) groups is 1. The lowest BCUT2D eigenvalue weighted by Crippen LogP contribution is -2.31. The summed E-state index contributed by atoms with van der Waals surface area (Å²) in [6, 6.07) is 10.9. The van der Waals surface area contributed by atoms with Gasteiger partial charge in [0.05, 0.1) is 16.5 Å². The number of pyridine rings is 1. The molecule has 7 nitrogen and oxygen atoms in total. The predicted molar refractivity (Wildman–Crippen MR) is 89.8 cm³/mol. The number of nitro benzene ring substituents is 1. The van der Waals surface area contributed by atoms with Crippen LogP contribution in [-0.4, -0.2) is 21.4 Å². The Balaban J connectivity index is 2.11. The maximum atomic E-state index is 12.9. The minimum absolute atomic E-state index is 0.0960. The van der Waals surface area contributed by atoms with E-state index in [-0.39, 0.29) is 17.3 Å². The quantitative estimate of drug-likeness (QED) is 0.635. The van der Waals surface area contributed by atoms with Gasteiger partial charge in [0.25, 0.3) is 11.6 Å². The van der Waals surface area contributed by atoms with Gasteiger partial charge < -0.3 is 0 Å². The first-order chi connectivity index (χ1) is 12.1. The van der Waals surface area contributed by atoms with Gasteiger partial charge in [0.1, 0.15) is 6.07 Å². The molecule has 25 heavy (non-hydrogen) atoms. The summed E-state index contributed by atoms with van der Waals surface area (Å²) in [7, 11) is 0. The number of nitrogens with zero attached hydrogens (tertiary/aromatic N) is 4. The molecule has 1 aromatic carbocycles. The summed E-state index contributed by atoms with van der Waals surface area (Å²) >= 11 is 0. The monoisotopic (exact) mass is 336 g/mol. The van der Waals surface area contributed by atoms with Crippen molar-refractivity contribution in [3.8, 4) is 6.07 Å². The highest BCUT2D eigenvalue weighted by atomic mass is 16.6. The van der Waals surface area contributed by atoms with Crippen molar-refractivity contribution in [3.63, 3.8) is 0 Å². The molecule has 0 spiro atoms. The van der Waals surface area contributed by atoms with Crippen LogP contribution in [0, 0.1) is 21.4 Å². The standard InChI is InChI=1S/C18H16N4O3/c19-12-14-6-4-10-21(17(14)20-15-7-1-2-8-15)18(23)13-5-3-9-16(11-13)22(24)25/h3-6,9-11,15H,1-2,7-8H2. The number of aromatic nitrogens is 1. The number of carbonyl (C=O) groups excluding carboxylic acids is 1. The number of nitriles is 1. The molecule has 1 aliphatic rings. The average molecular weight is 336 g/mol. The van der Waals surface area contributed by atoms with Gasteiger partial charge in [0, 0.05) is 23.9 Å². The third-order valence-electron chi connectivity index (χ3n) is 4.24. The largest absolute Gasteiger partial charge is 0.270 e. The van der Waals surface area contributed by atoms with E-state index in [2.05, 4.69) is 11.1 Å². The van der Waals surface area contributed by atoms with Gasteiger partial charge >= 0.3 is 0 Å². The molecule has 3 rings (SSSR count). The Labute approximate surface area is 144 Å². The number of benzene rings is 1. The van der Waals surface area contributed by atoms with Crippen LogP contribution in [-0.2, 0) is 0 Å². The first kappa shape index (κ1) is 16.6. The molecule has 0 amide bonds. The van der Waals surface area contributed by atoms with Gasteiger partial charge in [-0.05, 0) is 31.0 Å². The van der Waals surface area contributed by atoms with Gasteiger partial charge in [-0.25, -0.2) is 0 Å². The van der Waals surface area contributed by atoms with Crippen LogP contribution in [0.2, 0.25) is 0 Å². The summed E-state index contributed by atoms with van der Waals surface area (Å²) in [5.41, 5.74) is 0.649. The summed E-state index contributed by atoms with van der Waals surface area (Å²) in [5.74, 6) is -0.447. The van der Waals surface area contributed by atoms with Crippen molar-refractivity contribution in [1.82, 2.24) is 4.57 Å². The van der Waals surface area contributed by atoms with Crippen LogP contribution in [0.4, 0.5) is 5.69 Å². The van der Waals surface area contributed by atoms with E-state index < -0.39 is 10.8 Å². The van der Waals surface area contributed by atoms with Crippen LogP contribution in [0.5, 0.6) is 0 Å². The first-order valence-corrected chi connectivity index (χ1v) is 8.05. The molecule has 0 N–H and O–H groups in total. The first-order valence-electron chi connectivity index (χ1n) is 8.05. The molecule has 0 aliphatic heterocycles. The molecule has 0 atom stereocenters. The number of hydrogen-bond donors (Lipinski definition) is 0. The number of hydrogen-bond acceptors (Lipinski definition) is 5. The van der Waals surface area contributed by atoms with E-state index in [1.165, 1.54) is 35.0 Å². The Kier molecular flexibility index (Phi) is 4.70. The molecular formula is C18H16N4O3. The molecule has 1 aliphatic carbocycles. The lowest BCUT2D eigenvalue weighted by atomic mass is 10.1. The Hall–Kier alpha value is -3.27. The van der Waals surface area contributed by atoms with Crippen LogP contribution in [0.25, 0.3) is 0 Å². The SMILES string of the molecule is N#Cc1cccn(C(=O)c2cccc([N+](=O)[O-])c2)c1=NC1CCCC1. The molecule has 1 fully saturated rings. The molecule has 0 unspecified atom stereocenters. The summed E-state index contributed by atoms with van der Waals surface area (Å²) in [6.07, 6.45) is 5.58. The zero-order valence-corrected chi connectivity index (χ0v) is 13.5. The Morgan fingerprint density at radius 3 is 2.72 bits per heavy atom. The summed E-state index contributed by atoms with van der Waals surface area (Å²) in [5, 5.41) is 20.3. The van der Waals surface area contributed by atoms with Crippen LogP contribution in [0.3, 0.4) is 0 Å². The van der Waals surface area contributed by atoms with Crippen molar-refractivity contribution in [2.45, 2.75) is 31.7 Å².